The van der Waals surface area contributed by atoms with Crippen molar-refractivity contribution < 1.29 is 9.47 Å². The molecule has 0 saturated carbocycles. The summed E-state index contributed by atoms with van der Waals surface area (Å²) < 4.78 is 14.8. The van der Waals surface area contributed by atoms with Gasteiger partial charge in [0.05, 0.1) is 18.2 Å². The van der Waals surface area contributed by atoms with E-state index in [-0.39, 0.29) is 24.3 Å². The number of nitrogens with one attached hydrogen (secondary N) is 2. The standard InChI is InChI=1S/C29H27N3O4/c1-19-26-30-23-17-25(32(26)28(34)31-27(19)33)36-24(23)18-35-29(20-11-5-2-6-12-20,21-13-7-3-8-14-21)22-15-9-4-10-16-22/h2-16,23-25,30H,17-18H2,1H3,(H,31,33,34)/t23-,24-,25-/m1/s1. The highest BCUT2D eigenvalue weighted by Crippen LogP contribution is 2.42. The minimum absolute atomic E-state index is 0.0880. The molecule has 1 saturated heterocycles. The van der Waals surface area contributed by atoms with E-state index in [1.54, 1.807) is 6.92 Å². The number of aromatic amines is 1. The molecular weight excluding hydrogens is 454 g/mol. The topological polar surface area (TPSA) is 85.4 Å². The first-order valence-electron chi connectivity index (χ1n) is 12.2. The van der Waals surface area contributed by atoms with Crippen molar-refractivity contribution in [2.24, 2.45) is 0 Å². The van der Waals surface area contributed by atoms with Crippen molar-refractivity contribution in [2.45, 2.75) is 37.3 Å². The van der Waals surface area contributed by atoms with Gasteiger partial charge in [0, 0.05) is 6.42 Å². The maximum absolute atomic E-state index is 12.6. The zero-order valence-electron chi connectivity index (χ0n) is 19.9. The summed E-state index contributed by atoms with van der Waals surface area (Å²) in [5, 5.41) is 3.38. The van der Waals surface area contributed by atoms with Crippen LogP contribution in [0.25, 0.3) is 0 Å². The molecular formula is C29H27N3O4. The Morgan fingerprint density at radius 3 is 1.94 bits per heavy atom. The molecule has 6 rings (SSSR count). The molecule has 3 atom stereocenters. The monoisotopic (exact) mass is 481 g/mol. The molecule has 1 aromatic heterocycles. The number of benzene rings is 3. The van der Waals surface area contributed by atoms with Gasteiger partial charge in [-0.25, -0.2) is 4.79 Å². The molecule has 0 aliphatic carbocycles. The van der Waals surface area contributed by atoms with E-state index in [0.29, 0.717) is 17.8 Å². The Morgan fingerprint density at radius 2 is 1.42 bits per heavy atom. The van der Waals surface area contributed by atoms with E-state index in [2.05, 4.69) is 46.7 Å². The van der Waals surface area contributed by atoms with E-state index in [0.717, 1.165) is 16.7 Å². The van der Waals surface area contributed by atoms with Crippen molar-refractivity contribution in [3.05, 3.63) is 134 Å². The third kappa shape index (κ3) is 3.59. The first kappa shape index (κ1) is 22.5. The molecule has 2 N–H and O–H groups in total. The highest BCUT2D eigenvalue weighted by molar-refractivity contribution is 5.48. The number of hydrogen-bond donors (Lipinski definition) is 2. The number of anilines is 1. The summed E-state index contributed by atoms with van der Waals surface area (Å²) in [5.74, 6) is 0.521. The van der Waals surface area contributed by atoms with Gasteiger partial charge in [-0.1, -0.05) is 91.0 Å². The molecule has 7 nitrogen and oxygen atoms in total. The Kier molecular flexibility index (Phi) is 5.59. The maximum Gasteiger partial charge on any atom is 0.332 e. The van der Waals surface area contributed by atoms with Crippen LogP contribution in [0.2, 0.25) is 0 Å². The van der Waals surface area contributed by atoms with E-state index in [1.165, 1.54) is 4.57 Å². The van der Waals surface area contributed by atoms with Crippen LogP contribution < -0.4 is 16.6 Å². The first-order chi connectivity index (χ1) is 17.6. The van der Waals surface area contributed by atoms with Crippen molar-refractivity contribution in [3.63, 3.8) is 0 Å². The van der Waals surface area contributed by atoms with E-state index in [4.69, 9.17) is 9.47 Å². The number of fused-ring (bicyclic) bond motifs is 4. The lowest BCUT2D eigenvalue weighted by Crippen LogP contribution is -2.42. The zero-order valence-corrected chi connectivity index (χ0v) is 19.9. The van der Waals surface area contributed by atoms with E-state index in [1.807, 2.05) is 54.6 Å². The lowest BCUT2D eigenvalue weighted by Gasteiger charge is -2.37. The van der Waals surface area contributed by atoms with Crippen LogP contribution in [0.3, 0.4) is 0 Å². The normalized spacial score (nSPS) is 20.5. The second kappa shape index (κ2) is 8.93. The van der Waals surface area contributed by atoms with Crippen LogP contribution in [-0.4, -0.2) is 28.3 Å². The van der Waals surface area contributed by atoms with Crippen molar-refractivity contribution in [3.8, 4) is 0 Å². The molecule has 7 heteroatoms. The third-order valence-electron chi connectivity index (χ3n) is 7.23. The minimum Gasteiger partial charge on any atom is -0.365 e. The van der Waals surface area contributed by atoms with Gasteiger partial charge < -0.3 is 14.8 Å². The zero-order chi connectivity index (χ0) is 24.7. The van der Waals surface area contributed by atoms with Gasteiger partial charge in [-0.3, -0.25) is 14.3 Å². The number of rotatable bonds is 6. The molecule has 3 aromatic carbocycles. The summed E-state index contributed by atoms with van der Waals surface area (Å²) in [4.78, 5) is 27.1. The molecule has 1 fully saturated rings. The number of nitrogens with zero attached hydrogens (tertiary/aromatic N) is 1. The fourth-order valence-corrected chi connectivity index (χ4v) is 5.44. The van der Waals surface area contributed by atoms with Gasteiger partial charge in [-0.05, 0) is 23.6 Å². The van der Waals surface area contributed by atoms with E-state index < -0.39 is 17.5 Å². The Bertz CT molecular complexity index is 1390. The maximum atomic E-state index is 12.6. The number of ether oxygens (including phenoxy) is 2. The second-order valence-electron chi connectivity index (χ2n) is 9.31. The minimum atomic E-state index is -0.862. The highest BCUT2D eigenvalue weighted by Gasteiger charge is 2.45. The van der Waals surface area contributed by atoms with Crippen LogP contribution in [0.1, 0.15) is 34.9 Å². The van der Waals surface area contributed by atoms with Crippen LogP contribution in [0.4, 0.5) is 5.82 Å². The van der Waals surface area contributed by atoms with Crippen LogP contribution in [0.5, 0.6) is 0 Å². The van der Waals surface area contributed by atoms with Crippen LogP contribution in [-0.2, 0) is 15.1 Å². The van der Waals surface area contributed by atoms with Gasteiger partial charge >= 0.3 is 5.69 Å². The third-order valence-corrected chi connectivity index (χ3v) is 7.23. The van der Waals surface area contributed by atoms with Crippen LogP contribution >= 0.6 is 0 Å². The molecule has 4 aromatic rings. The summed E-state index contributed by atoms with van der Waals surface area (Å²) in [6, 6.07) is 30.5. The SMILES string of the molecule is Cc1c2n(c(=O)[nH]c1=O)[C@H]1C[C@@H](N2)[C@@H](COC(c2ccccc2)(c2ccccc2)c2ccccc2)O1. The summed E-state index contributed by atoms with van der Waals surface area (Å²) in [7, 11) is 0. The van der Waals surface area contributed by atoms with Gasteiger partial charge in [0.25, 0.3) is 5.56 Å². The summed E-state index contributed by atoms with van der Waals surface area (Å²) in [5.41, 5.74) is 1.79. The lowest BCUT2D eigenvalue weighted by molar-refractivity contribution is -0.0759. The van der Waals surface area contributed by atoms with Gasteiger partial charge in [0.15, 0.2) is 0 Å². The molecule has 36 heavy (non-hydrogen) atoms. The summed E-state index contributed by atoms with van der Waals surface area (Å²) in [6.07, 6.45) is -0.164. The van der Waals surface area contributed by atoms with Crippen molar-refractivity contribution >= 4 is 5.82 Å². The molecule has 182 valence electrons. The predicted molar refractivity (Wildman–Crippen MR) is 137 cm³/mol. The van der Waals surface area contributed by atoms with Gasteiger partial charge in [0.2, 0.25) is 0 Å². The van der Waals surface area contributed by atoms with E-state index in [9.17, 15) is 9.59 Å². The van der Waals surface area contributed by atoms with Gasteiger partial charge in [-0.2, -0.15) is 0 Å². The average Bonchev–Trinajstić information content (AvgIpc) is 3.24. The molecule has 3 heterocycles. The van der Waals surface area contributed by atoms with Crippen molar-refractivity contribution in [1.29, 1.82) is 0 Å². The smallest absolute Gasteiger partial charge is 0.332 e. The molecule has 0 radical (unpaired) electrons. The second-order valence-corrected chi connectivity index (χ2v) is 9.31. The Morgan fingerprint density at radius 1 is 0.889 bits per heavy atom. The summed E-state index contributed by atoms with van der Waals surface area (Å²) >= 11 is 0. The molecule has 0 spiro atoms. The molecule has 2 bridgehead atoms. The molecule has 0 unspecified atom stereocenters. The Hall–Kier alpha value is -3.94. The Balaban J connectivity index is 1.39. The molecule has 0 amide bonds. The average molecular weight is 482 g/mol. The number of aromatic nitrogens is 2. The predicted octanol–water partition coefficient (Wildman–Crippen LogP) is 3.94. The number of hydrogen-bond acceptors (Lipinski definition) is 5. The Labute approximate surface area is 208 Å². The molecule has 2 aliphatic rings. The van der Waals surface area contributed by atoms with Gasteiger partial charge in [0.1, 0.15) is 23.8 Å². The van der Waals surface area contributed by atoms with Crippen molar-refractivity contribution in [1.82, 2.24) is 9.55 Å². The first-order valence-corrected chi connectivity index (χ1v) is 12.2. The van der Waals surface area contributed by atoms with Crippen LogP contribution in [0, 0.1) is 6.92 Å². The highest BCUT2D eigenvalue weighted by atomic mass is 16.6. The number of H-pyrrole nitrogens is 1. The lowest BCUT2D eigenvalue weighted by atomic mass is 9.80. The largest absolute Gasteiger partial charge is 0.365 e. The van der Waals surface area contributed by atoms with Crippen LogP contribution in [0.15, 0.2) is 101 Å². The fourth-order valence-electron chi connectivity index (χ4n) is 5.44. The van der Waals surface area contributed by atoms with E-state index >= 15 is 0 Å². The summed E-state index contributed by atoms with van der Waals surface area (Å²) in [6.45, 7) is 1.99. The quantitative estimate of drug-likeness (QED) is 0.408. The van der Waals surface area contributed by atoms with Gasteiger partial charge in [-0.15, -0.1) is 0 Å². The van der Waals surface area contributed by atoms with Crippen molar-refractivity contribution in [2.75, 3.05) is 11.9 Å². The fraction of sp³-hybridized carbons (Fsp3) is 0.241. The molecule has 2 aliphatic heterocycles.